The smallest absolute Gasteiger partial charge is 0.315 e. The SMILES string of the molecule is CC(CC1CC1)NC(=O)NC1C=CC(C(=O)O)C1. The molecule has 5 heteroatoms. The minimum absolute atomic E-state index is 0.167. The van der Waals surface area contributed by atoms with Crippen molar-refractivity contribution in [1.29, 1.82) is 0 Å². The zero-order chi connectivity index (χ0) is 13.1. The molecule has 2 amide bonds. The van der Waals surface area contributed by atoms with Crippen molar-refractivity contribution >= 4 is 12.0 Å². The standard InChI is InChI=1S/C13H20N2O3/c1-8(6-9-2-3-9)14-13(18)15-11-5-4-10(7-11)12(16)17/h4-5,8-11H,2-3,6-7H2,1H3,(H,16,17)(H2,14,15,18). The summed E-state index contributed by atoms with van der Waals surface area (Å²) in [4.78, 5) is 22.4. The number of nitrogens with one attached hydrogen (secondary N) is 2. The van der Waals surface area contributed by atoms with Gasteiger partial charge < -0.3 is 15.7 Å². The molecule has 18 heavy (non-hydrogen) atoms. The fourth-order valence-corrected chi connectivity index (χ4v) is 2.34. The van der Waals surface area contributed by atoms with E-state index in [1.54, 1.807) is 12.2 Å². The van der Waals surface area contributed by atoms with E-state index in [2.05, 4.69) is 10.6 Å². The highest BCUT2D eigenvalue weighted by molar-refractivity contribution is 5.76. The van der Waals surface area contributed by atoms with Crippen LogP contribution in [0.15, 0.2) is 12.2 Å². The molecule has 0 aromatic heterocycles. The van der Waals surface area contributed by atoms with E-state index in [-0.39, 0.29) is 18.1 Å². The molecule has 0 radical (unpaired) electrons. The second kappa shape index (κ2) is 5.42. The van der Waals surface area contributed by atoms with Crippen molar-refractivity contribution in [3.05, 3.63) is 12.2 Å². The first kappa shape index (κ1) is 12.9. The number of carbonyl (C=O) groups is 2. The monoisotopic (exact) mass is 252 g/mol. The molecule has 0 aromatic rings. The third-order valence-corrected chi connectivity index (χ3v) is 3.48. The Morgan fingerprint density at radius 1 is 1.39 bits per heavy atom. The van der Waals surface area contributed by atoms with Crippen LogP contribution >= 0.6 is 0 Å². The van der Waals surface area contributed by atoms with E-state index < -0.39 is 11.9 Å². The number of carboxylic acids is 1. The predicted molar refractivity (Wildman–Crippen MR) is 67.1 cm³/mol. The third kappa shape index (κ3) is 3.75. The summed E-state index contributed by atoms with van der Waals surface area (Å²) >= 11 is 0. The van der Waals surface area contributed by atoms with Crippen LogP contribution in [0.5, 0.6) is 0 Å². The third-order valence-electron chi connectivity index (χ3n) is 3.48. The predicted octanol–water partition coefficient (Wildman–Crippen LogP) is 1.50. The molecular weight excluding hydrogens is 232 g/mol. The van der Waals surface area contributed by atoms with E-state index in [4.69, 9.17) is 5.11 Å². The molecule has 1 fully saturated rings. The Labute approximate surface area is 107 Å². The Balaban J connectivity index is 1.68. The fraction of sp³-hybridized carbons (Fsp3) is 0.692. The molecule has 0 saturated heterocycles. The number of urea groups is 1. The normalized spacial score (nSPS) is 27.8. The van der Waals surface area contributed by atoms with Gasteiger partial charge in [-0.3, -0.25) is 4.79 Å². The van der Waals surface area contributed by atoms with Gasteiger partial charge in [-0.05, 0) is 25.7 Å². The molecule has 3 N–H and O–H groups in total. The van der Waals surface area contributed by atoms with E-state index >= 15 is 0 Å². The van der Waals surface area contributed by atoms with Gasteiger partial charge in [0.05, 0.1) is 12.0 Å². The van der Waals surface area contributed by atoms with Crippen molar-refractivity contribution in [2.75, 3.05) is 0 Å². The highest BCUT2D eigenvalue weighted by Gasteiger charge is 2.27. The average molecular weight is 252 g/mol. The van der Waals surface area contributed by atoms with Gasteiger partial charge >= 0.3 is 12.0 Å². The van der Waals surface area contributed by atoms with Gasteiger partial charge in [-0.15, -0.1) is 0 Å². The van der Waals surface area contributed by atoms with Crippen LogP contribution in [0.1, 0.15) is 32.6 Å². The molecule has 5 nitrogen and oxygen atoms in total. The van der Waals surface area contributed by atoms with Crippen LogP contribution in [0.4, 0.5) is 4.79 Å². The lowest BCUT2D eigenvalue weighted by Gasteiger charge is -2.17. The molecule has 0 bridgehead atoms. The largest absolute Gasteiger partial charge is 0.481 e. The van der Waals surface area contributed by atoms with Gasteiger partial charge in [0.2, 0.25) is 0 Å². The van der Waals surface area contributed by atoms with E-state index in [1.165, 1.54) is 12.8 Å². The van der Waals surface area contributed by atoms with Crippen molar-refractivity contribution < 1.29 is 14.7 Å². The molecule has 0 spiro atoms. The van der Waals surface area contributed by atoms with Crippen LogP contribution in [-0.4, -0.2) is 29.2 Å². The van der Waals surface area contributed by atoms with Crippen molar-refractivity contribution in [1.82, 2.24) is 10.6 Å². The van der Waals surface area contributed by atoms with Crippen LogP contribution in [-0.2, 0) is 4.79 Å². The topological polar surface area (TPSA) is 78.4 Å². The van der Waals surface area contributed by atoms with Crippen LogP contribution in [0.25, 0.3) is 0 Å². The number of rotatable bonds is 5. The Kier molecular flexibility index (Phi) is 3.89. The Hall–Kier alpha value is -1.52. The molecule has 3 atom stereocenters. The van der Waals surface area contributed by atoms with Gasteiger partial charge in [-0.1, -0.05) is 25.0 Å². The van der Waals surface area contributed by atoms with Crippen molar-refractivity contribution in [2.45, 2.75) is 44.7 Å². The first-order valence-corrected chi connectivity index (χ1v) is 6.52. The maximum Gasteiger partial charge on any atom is 0.315 e. The molecule has 2 aliphatic rings. The van der Waals surface area contributed by atoms with Gasteiger partial charge in [-0.25, -0.2) is 4.79 Å². The summed E-state index contributed by atoms with van der Waals surface area (Å²) in [5, 5.41) is 14.5. The minimum atomic E-state index is -0.835. The highest BCUT2D eigenvalue weighted by atomic mass is 16.4. The molecule has 2 rings (SSSR count). The number of hydrogen-bond acceptors (Lipinski definition) is 2. The van der Waals surface area contributed by atoms with Crippen molar-refractivity contribution in [3.8, 4) is 0 Å². The lowest BCUT2D eigenvalue weighted by atomic mass is 10.1. The van der Waals surface area contributed by atoms with Crippen molar-refractivity contribution in [3.63, 3.8) is 0 Å². The fourth-order valence-electron chi connectivity index (χ4n) is 2.34. The average Bonchev–Trinajstić information content (AvgIpc) is 2.93. The van der Waals surface area contributed by atoms with E-state index in [9.17, 15) is 9.59 Å². The maximum atomic E-state index is 11.7. The summed E-state index contributed by atoms with van der Waals surface area (Å²) in [6.07, 6.45) is 7.43. The summed E-state index contributed by atoms with van der Waals surface area (Å²) in [5.41, 5.74) is 0. The first-order valence-electron chi connectivity index (χ1n) is 6.52. The minimum Gasteiger partial charge on any atom is -0.481 e. The summed E-state index contributed by atoms with van der Waals surface area (Å²) < 4.78 is 0. The van der Waals surface area contributed by atoms with Crippen molar-refractivity contribution in [2.24, 2.45) is 11.8 Å². The number of aliphatic carboxylic acids is 1. The molecular formula is C13H20N2O3. The molecule has 3 unspecified atom stereocenters. The van der Waals surface area contributed by atoms with E-state index in [0.717, 1.165) is 12.3 Å². The number of amides is 2. The summed E-state index contributed by atoms with van der Waals surface area (Å²) in [5.74, 6) is -0.527. The van der Waals surface area contributed by atoms with Gasteiger partial charge in [0.25, 0.3) is 0 Å². The molecule has 2 aliphatic carbocycles. The first-order chi connectivity index (χ1) is 8.54. The van der Waals surface area contributed by atoms with Gasteiger partial charge in [-0.2, -0.15) is 0 Å². The zero-order valence-electron chi connectivity index (χ0n) is 10.6. The second-order valence-corrected chi connectivity index (χ2v) is 5.37. The van der Waals surface area contributed by atoms with Gasteiger partial charge in [0, 0.05) is 6.04 Å². The molecule has 1 saturated carbocycles. The van der Waals surface area contributed by atoms with Crippen LogP contribution in [0.2, 0.25) is 0 Å². The van der Waals surface area contributed by atoms with E-state index in [1.807, 2.05) is 6.92 Å². The molecule has 0 aliphatic heterocycles. The highest BCUT2D eigenvalue weighted by Crippen LogP contribution is 2.33. The summed E-state index contributed by atoms with van der Waals surface area (Å²) in [7, 11) is 0. The quantitative estimate of drug-likeness (QED) is 0.649. The van der Waals surface area contributed by atoms with Crippen LogP contribution in [0, 0.1) is 11.8 Å². The van der Waals surface area contributed by atoms with Gasteiger partial charge in [0.15, 0.2) is 0 Å². The van der Waals surface area contributed by atoms with Crippen LogP contribution < -0.4 is 10.6 Å². The molecule has 100 valence electrons. The van der Waals surface area contributed by atoms with E-state index in [0.29, 0.717) is 6.42 Å². The van der Waals surface area contributed by atoms with Gasteiger partial charge in [0.1, 0.15) is 0 Å². The number of carboxylic acid groups (broad SMARTS) is 1. The van der Waals surface area contributed by atoms with Crippen LogP contribution in [0.3, 0.4) is 0 Å². The zero-order valence-corrected chi connectivity index (χ0v) is 10.6. The Morgan fingerprint density at radius 2 is 2.11 bits per heavy atom. The number of hydrogen-bond donors (Lipinski definition) is 3. The lowest BCUT2D eigenvalue weighted by Crippen LogP contribution is -2.44. The molecule has 0 heterocycles. The number of carbonyl (C=O) groups excluding carboxylic acids is 1. The lowest BCUT2D eigenvalue weighted by molar-refractivity contribution is -0.140. The second-order valence-electron chi connectivity index (χ2n) is 5.37. The Bertz CT molecular complexity index is 363. The summed E-state index contributed by atoms with van der Waals surface area (Å²) in [6, 6.07) is -0.193. The Morgan fingerprint density at radius 3 is 2.67 bits per heavy atom. The maximum absolute atomic E-state index is 11.7. The molecule has 0 aromatic carbocycles. The summed E-state index contributed by atoms with van der Waals surface area (Å²) in [6.45, 7) is 2.00.